The lowest BCUT2D eigenvalue weighted by molar-refractivity contribution is 0.229. The van der Waals surface area contributed by atoms with Crippen LogP contribution >= 0.6 is 24.8 Å². The molecule has 1 fully saturated rings. The van der Waals surface area contributed by atoms with Gasteiger partial charge in [0.05, 0.1) is 18.2 Å². The van der Waals surface area contributed by atoms with Crippen molar-refractivity contribution in [2.75, 3.05) is 58.3 Å². The van der Waals surface area contributed by atoms with Gasteiger partial charge in [0.1, 0.15) is 0 Å². The molecule has 1 aliphatic rings. The summed E-state index contributed by atoms with van der Waals surface area (Å²) < 4.78 is 5.30. The standard InChI is InChI=1S/C23H29N5O.2ClH/c1-18-4-6-19(7-5-18)22-21(20-8-15-29-17-20)16-24-23(25-22)28-13-11-27(12-14-28)10-9-26(2)3;;/h4-8,15-17H,9-14H2,1-3H3;2*1H. The topological polar surface area (TPSA) is 48.6 Å². The number of hydrogen-bond donors (Lipinski definition) is 0. The second-order valence-electron chi connectivity index (χ2n) is 7.94. The van der Waals surface area contributed by atoms with Gasteiger partial charge in [-0.05, 0) is 27.1 Å². The Morgan fingerprint density at radius 1 is 0.968 bits per heavy atom. The minimum atomic E-state index is 0. The van der Waals surface area contributed by atoms with Crippen molar-refractivity contribution in [3.05, 3.63) is 54.6 Å². The van der Waals surface area contributed by atoms with Crippen molar-refractivity contribution in [2.24, 2.45) is 0 Å². The molecule has 31 heavy (non-hydrogen) atoms. The van der Waals surface area contributed by atoms with E-state index in [9.17, 15) is 0 Å². The van der Waals surface area contributed by atoms with Gasteiger partial charge in [-0.2, -0.15) is 0 Å². The largest absolute Gasteiger partial charge is 0.472 e. The van der Waals surface area contributed by atoms with Crippen LogP contribution in [0, 0.1) is 6.92 Å². The average molecular weight is 464 g/mol. The maximum Gasteiger partial charge on any atom is 0.225 e. The Hall–Kier alpha value is -2.12. The van der Waals surface area contributed by atoms with Crippen LogP contribution in [0.5, 0.6) is 0 Å². The Bertz CT molecular complexity index is 924. The molecule has 0 spiro atoms. The lowest BCUT2D eigenvalue weighted by atomic mass is 10.0. The maximum atomic E-state index is 5.30. The highest BCUT2D eigenvalue weighted by atomic mass is 35.5. The molecule has 0 saturated carbocycles. The lowest BCUT2D eigenvalue weighted by Crippen LogP contribution is -2.48. The van der Waals surface area contributed by atoms with Crippen LogP contribution in [-0.4, -0.2) is 73.1 Å². The second kappa shape index (κ2) is 11.5. The van der Waals surface area contributed by atoms with E-state index in [1.807, 2.05) is 12.3 Å². The molecule has 2 aromatic heterocycles. The van der Waals surface area contributed by atoms with Crippen molar-refractivity contribution >= 4 is 30.8 Å². The summed E-state index contributed by atoms with van der Waals surface area (Å²) in [6.07, 6.45) is 5.37. The monoisotopic (exact) mass is 463 g/mol. The van der Waals surface area contributed by atoms with Crippen molar-refractivity contribution in [3.63, 3.8) is 0 Å². The van der Waals surface area contributed by atoms with E-state index in [0.29, 0.717) is 0 Å². The van der Waals surface area contributed by atoms with E-state index in [1.54, 1.807) is 12.5 Å². The molecule has 0 aliphatic carbocycles. The van der Waals surface area contributed by atoms with Gasteiger partial charge in [0.15, 0.2) is 0 Å². The molecule has 0 atom stereocenters. The highest BCUT2D eigenvalue weighted by Gasteiger charge is 2.21. The fourth-order valence-electron chi connectivity index (χ4n) is 3.60. The minimum absolute atomic E-state index is 0. The summed E-state index contributed by atoms with van der Waals surface area (Å²) in [7, 11) is 4.25. The highest BCUT2D eigenvalue weighted by molar-refractivity contribution is 5.85. The summed E-state index contributed by atoms with van der Waals surface area (Å²) in [5, 5.41) is 0. The average Bonchev–Trinajstić information content (AvgIpc) is 3.27. The first-order chi connectivity index (χ1) is 14.1. The van der Waals surface area contributed by atoms with Crippen molar-refractivity contribution in [1.29, 1.82) is 0 Å². The number of anilines is 1. The molecule has 168 valence electrons. The number of benzene rings is 1. The van der Waals surface area contributed by atoms with Gasteiger partial charge in [0.2, 0.25) is 5.95 Å². The first-order valence-corrected chi connectivity index (χ1v) is 10.2. The number of likely N-dealkylation sites (N-methyl/N-ethyl adjacent to an activating group) is 1. The normalized spacial score (nSPS) is 14.3. The maximum absolute atomic E-state index is 5.30. The summed E-state index contributed by atoms with van der Waals surface area (Å²) in [6.45, 7) is 8.28. The fourth-order valence-corrected chi connectivity index (χ4v) is 3.60. The van der Waals surface area contributed by atoms with Crippen LogP contribution < -0.4 is 4.90 Å². The summed E-state index contributed by atoms with van der Waals surface area (Å²) >= 11 is 0. The van der Waals surface area contributed by atoms with Crippen molar-refractivity contribution in [3.8, 4) is 22.4 Å². The molecule has 0 bridgehead atoms. The van der Waals surface area contributed by atoms with Crippen LogP contribution in [0.1, 0.15) is 5.56 Å². The Morgan fingerprint density at radius 3 is 2.29 bits per heavy atom. The molecule has 0 N–H and O–H groups in total. The number of furan rings is 1. The van der Waals surface area contributed by atoms with Crippen LogP contribution in [0.15, 0.2) is 53.5 Å². The van der Waals surface area contributed by atoms with Crippen LogP contribution in [0.4, 0.5) is 5.95 Å². The number of piperazine rings is 1. The van der Waals surface area contributed by atoms with Crippen LogP contribution in [0.25, 0.3) is 22.4 Å². The van der Waals surface area contributed by atoms with Gasteiger partial charge in [-0.3, -0.25) is 4.90 Å². The summed E-state index contributed by atoms with van der Waals surface area (Å²) in [5.74, 6) is 0.806. The Morgan fingerprint density at radius 2 is 1.68 bits per heavy atom. The number of nitrogens with zero attached hydrogens (tertiary/aromatic N) is 5. The molecule has 3 heterocycles. The summed E-state index contributed by atoms with van der Waals surface area (Å²) in [4.78, 5) is 16.7. The lowest BCUT2D eigenvalue weighted by Gasteiger charge is -2.35. The molecule has 0 unspecified atom stereocenters. The Kier molecular flexibility index (Phi) is 9.32. The number of halogens is 2. The van der Waals surface area contributed by atoms with Gasteiger partial charge >= 0.3 is 0 Å². The van der Waals surface area contributed by atoms with Gasteiger partial charge in [-0.15, -0.1) is 24.8 Å². The number of aromatic nitrogens is 2. The number of aryl methyl sites for hydroxylation is 1. The van der Waals surface area contributed by atoms with Crippen LogP contribution in [-0.2, 0) is 0 Å². The molecule has 1 aliphatic heterocycles. The summed E-state index contributed by atoms with van der Waals surface area (Å²) in [6, 6.07) is 10.5. The molecule has 4 rings (SSSR count). The SMILES string of the molecule is Cc1ccc(-c2nc(N3CCN(CCN(C)C)CC3)ncc2-c2ccoc2)cc1.Cl.Cl. The van der Waals surface area contributed by atoms with Crippen molar-refractivity contribution < 1.29 is 4.42 Å². The summed E-state index contributed by atoms with van der Waals surface area (Å²) in [5.41, 5.74) is 5.28. The van der Waals surface area contributed by atoms with Crippen molar-refractivity contribution in [2.45, 2.75) is 6.92 Å². The first kappa shape index (κ1) is 25.1. The first-order valence-electron chi connectivity index (χ1n) is 10.2. The molecule has 1 aromatic carbocycles. The third-order valence-corrected chi connectivity index (χ3v) is 5.45. The molecular formula is C23H31Cl2N5O. The third kappa shape index (κ3) is 6.20. The molecule has 0 radical (unpaired) electrons. The zero-order valence-electron chi connectivity index (χ0n) is 18.3. The predicted molar refractivity (Wildman–Crippen MR) is 132 cm³/mol. The molecule has 0 amide bonds. The van der Waals surface area contributed by atoms with Gasteiger partial charge in [0.25, 0.3) is 0 Å². The highest BCUT2D eigenvalue weighted by Crippen LogP contribution is 2.32. The van der Waals surface area contributed by atoms with E-state index in [4.69, 9.17) is 14.4 Å². The van der Waals surface area contributed by atoms with Gasteiger partial charge in [0, 0.05) is 62.2 Å². The van der Waals surface area contributed by atoms with Gasteiger partial charge in [-0.25, -0.2) is 9.97 Å². The molecular weight excluding hydrogens is 433 g/mol. The minimum Gasteiger partial charge on any atom is -0.472 e. The fraction of sp³-hybridized carbons (Fsp3) is 0.391. The van der Waals surface area contributed by atoms with E-state index in [1.165, 1.54) is 5.56 Å². The zero-order valence-corrected chi connectivity index (χ0v) is 20.0. The predicted octanol–water partition coefficient (Wildman–Crippen LogP) is 4.24. The van der Waals surface area contributed by atoms with E-state index < -0.39 is 0 Å². The Balaban J connectivity index is 0.00000171. The molecule has 8 heteroatoms. The third-order valence-electron chi connectivity index (χ3n) is 5.45. The van der Waals surface area contributed by atoms with E-state index in [-0.39, 0.29) is 24.8 Å². The van der Waals surface area contributed by atoms with Gasteiger partial charge in [-0.1, -0.05) is 29.8 Å². The molecule has 3 aromatic rings. The number of rotatable bonds is 6. The zero-order chi connectivity index (χ0) is 20.2. The van der Waals surface area contributed by atoms with Crippen LogP contribution in [0.3, 0.4) is 0 Å². The smallest absolute Gasteiger partial charge is 0.225 e. The van der Waals surface area contributed by atoms with Gasteiger partial charge < -0.3 is 14.2 Å². The molecule has 6 nitrogen and oxygen atoms in total. The number of hydrogen-bond acceptors (Lipinski definition) is 6. The molecule has 1 saturated heterocycles. The van der Waals surface area contributed by atoms with E-state index in [2.05, 4.69) is 60.0 Å². The van der Waals surface area contributed by atoms with Crippen molar-refractivity contribution in [1.82, 2.24) is 19.8 Å². The second-order valence-corrected chi connectivity index (χ2v) is 7.94. The van der Waals surface area contributed by atoms with E-state index >= 15 is 0 Å². The van der Waals surface area contributed by atoms with E-state index in [0.717, 1.165) is 67.6 Å². The quantitative estimate of drug-likeness (QED) is 0.544. The van der Waals surface area contributed by atoms with Crippen LogP contribution in [0.2, 0.25) is 0 Å². The Labute approximate surface area is 197 Å².